The molecule has 20 heavy (non-hydrogen) atoms. The molecule has 0 spiro atoms. The Labute approximate surface area is 117 Å². The lowest BCUT2D eigenvalue weighted by Crippen LogP contribution is -2.24. The molecule has 4 nitrogen and oxygen atoms in total. The fourth-order valence-electron chi connectivity index (χ4n) is 2.48. The fourth-order valence-corrected chi connectivity index (χ4v) is 2.48. The standard InChI is InChI=1S/C16H16N2O2/c19-11-12-8-16(20)18(10-12)14-6-7-15(17-9-14)13-4-2-1-3-5-13/h1-7,9,12,19H,8,10-11H2. The summed E-state index contributed by atoms with van der Waals surface area (Å²) in [4.78, 5) is 18.0. The van der Waals surface area contributed by atoms with E-state index in [9.17, 15) is 4.79 Å². The van der Waals surface area contributed by atoms with E-state index in [0.29, 0.717) is 13.0 Å². The van der Waals surface area contributed by atoms with Crippen molar-refractivity contribution in [3.8, 4) is 11.3 Å². The summed E-state index contributed by atoms with van der Waals surface area (Å²) < 4.78 is 0. The highest BCUT2D eigenvalue weighted by Crippen LogP contribution is 2.26. The van der Waals surface area contributed by atoms with Gasteiger partial charge in [-0.05, 0) is 12.1 Å². The van der Waals surface area contributed by atoms with Gasteiger partial charge in [-0.3, -0.25) is 9.78 Å². The molecule has 1 aliphatic heterocycles. The lowest BCUT2D eigenvalue weighted by Gasteiger charge is -2.16. The van der Waals surface area contributed by atoms with E-state index in [-0.39, 0.29) is 18.4 Å². The summed E-state index contributed by atoms with van der Waals surface area (Å²) in [5, 5.41) is 9.15. The SMILES string of the molecule is O=C1CC(CO)CN1c1ccc(-c2ccccc2)nc1. The van der Waals surface area contributed by atoms with Crippen LogP contribution in [0.2, 0.25) is 0 Å². The summed E-state index contributed by atoms with van der Waals surface area (Å²) in [6, 6.07) is 13.8. The number of aliphatic hydroxyl groups excluding tert-OH is 1. The molecule has 2 aromatic rings. The van der Waals surface area contributed by atoms with Crippen molar-refractivity contribution in [3.05, 3.63) is 48.7 Å². The number of hydrogen-bond donors (Lipinski definition) is 1. The van der Waals surface area contributed by atoms with Gasteiger partial charge in [-0.25, -0.2) is 0 Å². The Morgan fingerprint density at radius 2 is 2.00 bits per heavy atom. The second-order valence-corrected chi connectivity index (χ2v) is 5.02. The predicted octanol–water partition coefficient (Wildman–Crippen LogP) is 2.09. The van der Waals surface area contributed by atoms with Crippen molar-refractivity contribution in [3.63, 3.8) is 0 Å². The van der Waals surface area contributed by atoms with Gasteiger partial charge in [0.15, 0.2) is 0 Å². The highest BCUT2D eigenvalue weighted by molar-refractivity contribution is 5.95. The van der Waals surface area contributed by atoms with Crippen LogP contribution in [0.25, 0.3) is 11.3 Å². The molecule has 1 aromatic heterocycles. The van der Waals surface area contributed by atoms with Gasteiger partial charge in [0.1, 0.15) is 0 Å². The number of anilines is 1. The molecule has 1 aliphatic rings. The van der Waals surface area contributed by atoms with E-state index in [1.54, 1.807) is 11.1 Å². The minimum Gasteiger partial charge on any atom is -0.396 e. The number of hydrogen-bond acceptors (Lipinski definition) is 3. The maximum Gasteiger partial charge on any atom is 0.227 e. The van der Waals surface area contributed by atoms with Gasteiger partial charge in [0, 0.05) is 31.1 Å². The normalized spacial score (nSPS) is 18.6. The summed E-state index contributed by atoms with van der Waals surface area (Å²) in [6.45, 7) is 0.624. The van der Waals surface area contributed by atoms with Gasteiger partial charge in [-0.1, -0.05) is 30.3 Å². The number of carbonyl (C=O) groups is 1. The van der Waals surface area contributed by atoms with Crippen molar-refractivity contribution >= 4 is 11.6 Å². The van der Waals surface area contributed by atoms with Crippen LogP contribution in [0, 0.1) is 5.92 Å². The van der Waals surface area contributed by atoms with Gasteiger partial charge < -0.3 is 10.0 Å². The Morgan fingerprint density at radius 3 is 2.60 bits per heavy atom. The van der Waals surface area contributed by atoms with Crippen LogP contribution in [0.5, 0.6) is 0 Å². The molecule has 1 saturated heterocycles. The van der Waals surface area contributed by atoms with Crippen LogP contribution in [0.3, 0.4) is 0 Å². The molecule has 2 heterocycles. The van der Waals surface area contributed by atoms with E-state index in [0.717, 1.165) is 16.9 Å². The van der Waals surface area contributed by atoms with E-state index >= 15 is 0 Å². The van der Waals surface area contributed by atoms with Crippen molar-refractivity contribution < 1.29 is 9.90 Å². The highest BCUT2D eigenvalue weighted by Gasteiger charge is 2.30. The zero-order valence-corrected chi connectivity index (χ0v) is 11.1. The number of aliphatic hydroxyl groups is 1. The van der Waals surface area contributed by atoms with Crippen LogP contribution in [-0.4, -0.2) is 29.1 Å². The zero-order valence-electron chi connectivity index (χ0n) is 11.1. The van der Waals surface area contributed by atoms with Gasteiger partial charge in [-0.2, -0.15) is 0 Å². The first kappa shape index (κ1) is 12.8. The lowest BCUT2D eigenvalue weighted by molar-refractivity contribution is -0.117. The molecule has 1 unspecified atom stereocenters. The lowest BCUT2D eigenvalue weighted by atomic mass is 10.1. The van der Waals surface area contributed by atoms with Crippen molar-refractivity contribution in [2.24, 2.45) is 5.92 Å². The predicted molar refractivity (Wildman–Crippen MR) is 77.2 cm³/mol. The third kappa shape index (κ3) is 2.42. The summed E-state index contributed by atoms with van der Waals surface area (Å²) >= 11 is 0. The third-order valence-corrected chi connectivity index (χ3v) is 3.59. The van der Waals surface area contributed by atoms with Crippen LogP contribution in [-0.2, 0) is 4.79 Å². The molecular weight excluding hydrogens is 252 g/mol. The molecule has 1 atom stereocenters. The number of pyridine rings is 1. The molecule has 102 valence electrons. The summed E-state index contributed by atoms with van der Waals surface area (Å²) in [6.07, 6.45) is 2.14. The quantitative estimate of drug-likeness (QED) is 0.927. The van der Waals surface area contributed by atoms with Gasteiger partial charge in [0.05, 0.1) is 17.6 Å². The second kappa shape index (κ2) is 5.43. The van der Waals surface area contributed by atoms with Crippen molar-refractivity contribution in [2.45, 2.75) is 6.42 Å². The summed E-state index contributed by atoms with van der Waals surface area (Å²) in [5.74, 6) is 0.0922. The van der Waals surface area contributed by atoms with Crippen molar-refractivity contribution in [1.82, 2.24) is 4.98 Å². The summed E-state index contributed by atoms with van der Waals surface area (Å²) in [7, 11) is 0. The number of nitrogens with zero attached hydrogens (tertiary/aromatic N) is 2. The molecule has 1 amide bonds. The Balaban J connectivity index is 1.82. The van der Waals surface area contributed by atoms with Crippen LogP contribution >= 0.6 is 0 Å². The molecule has 1 aromatic carbocycles. The monoisotopic (exact) mass is 268 g/mol. The van der Waals surface area contributed by atoms with Crippen LogP contribution in [0.15, 0.2) is 48.7 Å². The van der Waals surface area contributed by atoms with Gasteiger partial charge >= 0.3 is 0 Å². The molecular formula is C16H16N2O2. The van der Waals surface area contributed by atoms with Gasteiger partial charge in [-0.15, -0.1) is 0 Å². The minimum absolute atomic E-state index is 0.0382. The minimum atomic E-state index is 0.0382. The second-order valence-electron chi connectivity index (χ2n) is 5.02. The van der Waals surface area contributed by atoms with Gasteiger partial charge in [0.25, 0.3) is 0 Å². The third-order valence-electron chi connectivity index (χ3n) is 3.59. The molecule has 0 aliphatic carbocycles. The number of aromatic nitrogens is 1. The Morgan fingerprint density at radius 1 is 1.20 bits per heavy atom. The van der Waals surface area contributed by atoms with Crippen molar-refractivity contribution in [2.75, 3.05) is 18.1 Å². The fraction of sp³-hybridized carbons (Fsp3) is 0.250. The van der Waals surface area contributed by atoms with Crippen LogP contribution in [0.1, 0.15) is 6.42 Å². The Kier molecular flexibility index (Phi) is 3.48. The van der Waals surface area contributed by atoms with E-state index in [2.05, 4.69) is 4.98 Å². The van der Waals surface area contributed by atoms with E-state index in [1.165, 1.54) is 0 Å². The molecule has 0 bridgehead atoms. The Bertz CT molecular complexity index is 596. The number of amides is 1. The Hall–Kier alpha value is -2.20. The largest absolute Gasteiger partial charge is 0.396 e. The zero-order chi connectivity index (χ0) is 13.9. The topological polar surface area (TPSA) is 53.4 Å². The molecule has 0 saturated carbocycles. The first-order valence-corrected chi connectivity index (χ1v) is 6.70. The maximum atomic E-state index is 11.9. The van der Waals surface area contributed by atoms with Crippen molar-refractivity contribution in [1.29, 1.82) is 0 Å². The van der Waals surface area contributed by atoms with E-state index in [1.807, 2.05) is 42.5 Å². The first-order valence-electron chi connectivity index (χ1n) is 6.70. The highest BCUT2D eigenvalue weighted by atomic mass is 16.3. The summed E-state index contributed by atoms with van der Waals surface area (Å²) in [5.41, 5.74) is 2.74. The van der Waals surface area contributed by atoms with Crippen LogP contribution < -0.4 is 4.90 Å². The molecule has 4 heteroatoms. The molecule has 0 radical (unpaired) electrons. The molecule has 1 N–H and O–H groups in total. The number of benzene rings is 1. The smallest absolute Gasteiger partial charge is 0.227 e. The number of rotatable bonds is 3. The first-order chi connectivity index (χ1) is 9.78. The average Bonchev–Trinajstić information content (AvgIpc) is 2.89. The van der Waals surface area contributed by atoms with E-state index in [4.69, 9.17) is 5.11 Å². The average molecular weight is 268 g/mol. The molecule has 1 fully saturated rings. The molecule has 3 rings (SSSR count). The van der Waals surface area contributed by atoms with Gasteiger partial charge in [0.2, 0.25) is 5.91 Å². The van der Waals surface area contributed by atoms with E-state index < -0.39 is 0 Å². The maximum absolute atomic E-state index is 11.9. The van der Waals surface area contributed by atoms with Crippen LogP contribution in [0.4, 0.5) is 5.69 Å². The number of carbonyl (C=O) groups excluding carboxylic acids is 1.